The van der Waals surface area contributed by atoms with E-state index >= 15 is 0 Å². The number of carbonyl (C=O) groups is 1. The van der Waals surface area contributed by atoms with Crippen molar-refractivity contribution in [2.75, 3.05) is 19.6 Å². The fourth-order valence-electron chi connectivity index (χ4n) is 3.12. The largest absolute Gasteiger partial charge is 0.342 e. The Morgan fingerprint density at radius 2 is 1.84 bits per heavy atom. The molecule has 0 atom stereocenters. The van der Waals surface area contributed by atoms with E-state index in [1.54, 1.807) is 17.0 Å². The van der Waals surface area contributed by atoms with E-state index in [-0.39, 0.29) is 12.5 Å². The summed E-state index contributed by atoms with van der Waals surface area (Å²) in [6.07, 6.45) is 5.19. The van der Waals surface area contributed by atoms with E-state index in [0.29, 0.717) is 23.9 Å². The maximum absolute atomic E-state index is 12.5. The maximum Gasteiger partial charge on any atom is 0.240 e. The lowest BCUT2D eigenvalue weighted by Crippen LogP contribution is -2.38. The van der Waals surface area contributed by atoms with Gasteiger partial charge in [0, 0.05) is 26.6 Å². The van der Waals surface area contributed by atoms with Gasteiger partial charge >= 0.3 is 0 Å². The molecule has 0 heterocycles. The van der Waals surface area contributed by atoms with Crippen LogP contribution in [0, 0.1) is 5.92 Å². The van der Waals surface area contributed by atoms with Crippen LogP contribution in [0.15, 0.2) is 23.1 Å². The highest BCUT2D eigenvalue weighted by molar-refractivity contribution is 7.89. The van der Waals surface area contributed by atoms with Gasteiger partial charge in [-0.1, -0.05) is 19.9 Å². The topological polar surface area (TPSA) is 66.5 Å². The number of carbonyl (C=O) groups excluding carboxylic acids is 1. The van der Waals surface area contributed by atoms with Crippen LogP contribution in [0.4, 0.5) is 0 Å². The van der Waals surface area contributed by atoms with E-state index in [9.17, 15) is 13.2 Å². The Hall–Kier alpha value is -1.40. The molecule has 1 N–H and O–H groups in total. The number of aryl methyl sites for hydroxylation is 2. The van der Waals surface area contributed by atoms with Gasteiger partial charge in [-0.15, -0.1) is 0 Å². The molecule has 0 bridgehead atoms. The Kier molecular flexibility index (Phi) is 7.02. The Bertz CT molecular complexity index is 699. The lowest BCUT2D eigenvalue weighted by atomic mass is 9.92. The van der Waals surface area contributed by atoms with Crippen molar-refractivity contribution in [3.05, 3.63) is 29.3 Å². The monoisotopic (exact) mass is 366 g/mol. The second kappa shape index (κ2) is 8.81. The molecule has 25 heavy (non-hydrogen) atoms. The summed E-state index contributed by atoms with van der Waals surface area (Å²) in [5.41, 5.74) is 2.41. The van der Waals surface area contributed by atoms with Gasteiger partial charge in [-0.05, 0) is 61.3 Å². The summed E-state index contributed by atoms with van der Waals surface area (Å²) in [6, 6.07) is 5.43. The standard InChI is InChI=1S/C19H30N2O3S/c1-15(2)10-12-21(16(3)22)13-11-20-25(23,24)19-9-8-17-6-4-5-7-18(17)14-19/h8-9,14-15,20H,4-7,10-13H2,1-3H3. The number of fused-ring (bicyclic) bond motifs is 1. The third-order valence-corrected chi connectivity index (χ3v) is 6.18. The SMILES string of the molecule is CC(=O)N(CCNS(=O)(=O)c1ccc2c(c1)CCCC2)CCC(C)C. The molecular formula is C19H30N2O3S. The minimum atomic E-state index is -3.53. The smallest absolute Gasteiger partial charge is 0.240 e. The minimum absolute atomic E-state index is 0.0198. The molecule has 0 unspecified atom stereocenters. The van der Waals surface area contributed by atoms with Crippen molar-refractivity contribution in [1.29, 1.82) is 0 Å². The van der Waals surface area contributed by atoms with Crippen LogP contribution in [0.5, 0.6) is 0 Å². The van der Waals surface area contributed by atoms with Gasteiger partial charge in [0.25, 0.3) is 0 Å². The highest BCUT2D eigenvalue weighted by Gasteiger charge is 2.18. The third kappa shape index (κ3) is 5.82. The van der Waals surface area contributed by atoms with Crippen LogP contribution < -0.4 is 4.72 Å². The Morgan fingerprint density at radius 3 is 2.48 bits per heavy atom. The molecule has 0 spiro atoms. The molecule has 0 saturated heterocycles. The molecule has 5 nitrogen and oxygen atoms in total. The highest BCUT2D eigenvalue weighted by Crippen LogP contribution is 2.23. The third-order valence-electron chi connectivity index (χ3n) is 4.73. The molecule has 0 radical (unpaired) electrons. The fraction of sp³-hybridized carbons (Fsp3) is 0.632. The van der Waals surface area contributed by atoms with E-state index in [0.717, 1.165) is 31.2 Å². The van der Waals surface area contributed by atoms with Crippen LogP contribution in [0.1, 0.15) is 51.2 Å². The predicted octanol–water partition coefficient (Wildman–Crippen LogP) is 2.74. The minimum Gasteiger partial charge on any atom is -0.342 e. The van der Waals surface area contributed by atoms with Gasteiger partial charge in [-0.3, -0.25) is 4.79 Å². The second-order valence-electron chi connectivity index (χ2n) is 7.22. The Labute approximate surface area is 151 Å². The summed E-state index contributed by atoms with van der Waals surface area (Å²) < 4.78 is 27.7. The quantitative estimate of drug-likeness (QED) is 0.769. The van der Waals surface area contributed by atoms with Gasteiger partial charge in [-0.25, -0.2) is 13.1 Å². The summed E-state index contributed by atoms with van der Waals surface area (Å²) >= 11 is 0. The lowest BCUT2D eigenvalue weighted by molar-refractivity contribution is -0.128. The van der Waals surface area contributed by atoms with Crippen molar-refractivity contribution < 1.29 is 13.2 Å². The number of amides is 1. The number of nitrogens with zero attached hydrogens (tertiary/aromatic N) is 1. The van der Waals surface area contributed by atoms with Gasteiger partial charge in [-0.2, -0.15) is 0 Å². The van der Waals surface area contributed by atoms with E-state index in [1.165, 1.54) is 18.9 Å². The zero-order valence-corrected chi connectivity index (χ0v) is 16.4. The number of benzene rings is 1. The van der Waals surface area contributed by atoms with Gasteiger partial charge in [0.05, 0.1) is 4.90 Å². The van der Waals surface area contributed by atoms with Crippen LogP contribution in [0.3, 0.4) is 0 Å². The summed E-state index contributed by atoms with van der Waals surface area (Å²) in [5.74, 6) is 0.489. The van der Waals surface area contributed by atoms with Crippen molar-refractivity contribution in [2.45, 2.75) is 57.8 Å². The molecule has 1 aromatic carbocycles. The number of nitrogens with one attached hydrogen (secondary N) is 1. The number of hydrogen-bond donors (Lipinski definition) is 1. The molecule has 0 fully saturated rings. The average Bonchev–Trinajstić information content (AvgIpc) is 2.56. The molecule has 1 aromatic rings. The first-order chi connectivity index (χ1) is 11.8. The molecular weight excluding hydrogens is 336 g/mol. The first-order valence-electron chi connectivity index (χ1n) is 9.16. The van der Waals surface area contributed by atoms with E-state index < -0.39 is 10.0 Å². The average molecular weight is 367 g/mol. The molecule has 6 heteroatoms. The number of hydrogen-bond acceptors (Lipinski definition) is 3. The molecule has 140 valence electrons. The summed E-state index contributed by atoms with van der Waals surface area (Å²) in [7, 11) is -3.53. The van der Waals surface area contributed by atoms with Gasteiger partial charge < -0.3 is 4.90 Å². The van der Waals surface area contributed by atoms with Crippen molar-refractivity contribution >= 4 is 15.9 Å². The van der Waals surface area contributed by atoms with E-state index in [4.69, 9.17) is 0 Å². The number of rotatable bonds is 8. The lowest BCUT2D eigenvalue weighted by Gasteiger charge is -2.22. The molecule has 1 amide bonds. The van der Waals surface area contributed by atoms with E-state index in [2.05, 4.69) is 18.6 Å². The molecule has 1 aliphatic rings. The summed E-state index contributed by atoms with van der Waals surface area (Å²) in [4.78, 5) is 13.7. The zero-order valence-electron chi connectivity index (χ0n) is 15.5. The molecule has 0 saturated carbocycles. The van der Waals surface area contributed by atoms with Gasteiger partial charge in [0.15, 0.2) is 0 Å². The van der Waals surface area contributed by atoms with Crippen molar-refractivity contribution in [1.82, 2.24) is 9.62 Å². The summed E-state index contributed by atoms with van der Waals surface area (Å²) in [5, 5.41) is 0. The molecule has 0 aromatic heterocycles. The Balaban J connectivity index is 1.95. The van der Waals surface area contributed by atoms with Crippen LogP contribution in [0.25, 0.3) is 0 Å². The van der Waals surface area contributed by atoms with Gasteiger partial charge in [0.1, 0.15) is 0 Å². The molecule has 1 aliphatic carbocycles. The summed E-state index contributed by atoms with van der Waals surface area (Å²) in [6.45, 7) is 7.03. The zero-order chi connectivity index (χ0) is 18.4. The van der Waals surface area contributed by atoms with Gasteiger partial charge in [0.2, 0.25) is 15.9 Å². The Morgan fingerprint density at radius 1 is 1.16 bits per heavy atom. The fourth-order valence-corrected chi connectivity index (χ4v) is 4.19. The second-order valence-corrected chi connectivity index (χ2v) is 8.99. The van der Waals surface area contributed by atoms with Crippen molar-refractivity contribution in [3.8, 4) is 0 Å². The molecule has 2 rings (SSSR count). The maximum atomic E-state index is 12.5. The van der Waals surface area contributed by atoms with Crippen molar-refractivity contribution in [3.63, 3.8) is 0 Å². The van der Waals surface area contributed by atoms with Crippen LogP contribution in [-0.4, -0.2) is 38.9 Å². The highest BCUT2D eigenvalue weighted by atomic mass is 32.2. The number of sulfonamides is 1. The first kappa shape index (κ1) is 19.9. The first-order valence-corrected chi connectivity index (χ1v) is 10.6. The predicted molar refractivity (Wildman–Crippen MR) is 100.0 cm³/mol. The molecule has 0 aliphatic heterocycles. The van der Waals surface area contributed by atoms with Crippen LogP contribution in [0.2, 0.25) is 0 Å². The van der Waals surface area contributed by atoms with Crippen LogP contribution >= 0.6 is 0 Å². The van der Waals surface area contributed by atoms with Crippen LogP contribution in [-0.2, 0) is 27.7 Å². The van der Waals surface area contributed by atoms with Crippen molar-refractivity contribution in [2.24, 2.45) is 5.92 Å². The van der Waals surface area contributed by atoms with E-state index in [1.807, 2.05) is 6.07 Å². The normalized spacial score (nSPS) is 14.4.